The highest BCUT2D eigenvalue weighted by Gasteiger charge is 2.44. The first-order chi connectivity index (χ1) is 15.4. The van der Waals surface area contributed by atoms with Gasteiger partial charge in [0.2, 0.25) is 11.8 Å². The number of thiazole rings is 1. The molecule has 3 amide bonds. The summed E-state index contributed by atoms with van der Waals surface area (Å²) < 4.78 is 10.4. The minimum absolute atomic E-state index is 0.0203. The van der Waals surface area contributed by atoms with E-state index in [1.54, 1.807) is 13.2 Å². The first-order valence-electron chi connectivity index (χ1n) is 10.4. The van der Waals surface area contributed by atoms with Crippen LogP contribution >= 0.6 is 11.3 Å². The van der Waals surface area contributed by atoms with Gasteiger partial charge in [-0.05, 0) is 20.3 Å². The predicted molar refractivity (Wildman–Crippen MR) is 119 cm³/mol. The Labute approximate surface area is 189 Å². The highest BCUT2D eigenvalue weighted by Crippen LogP contribution is 2.33. The molecule has 172 valence electrons. The smallest absolute Gasteiger partial charge is 0.321 e. The molecule has 1 saturated carbocycles. The van der Waals surface area contributed by atoms with Crippen LogP contribution in [0.15, 0.2) is 6.07 Å². The second kappa shape index (κ2) is 9.15. The second-order valence-corrected chi connectivity index (χ2v) is 9.11. The lowest BCUT2D eigenvalue weighted by molar-refractivity contribution is -0.122. The number of rotatable bonds is 7. The zero-order valence-corrected chi connectivity index (χ0v) is 19.3. The molecule has 12 heteroatoms. The zero-order chi connectivity index (χ0) is 22.8. The molecule has 2 aromatic heterocycles. The fourth-order valence-corrected chi connectivity index (χ4v) is 4.55. The van der Waals surface area contributed by atoms with Crippen molar-refractivity contribution in [2.45, 2.75) is 45.3 Å². The molecule has 2 aliphatic rings. The molecule has 1 aliphatic heterocycles. The Balaban J connectivity index is 1.35. The van der Waals surface area contributed by atoms with Crippen LogP contribution in [0.2, 0.25) is 0 Å². The van der Waals surface area contributed by atoms with Gasteiger partial charge in [0, 0.05) is 36.0 Å². The van der Waals surface area contributed by atoms with Gasteiger partial charge in [0.05, 0.1) is 32.4 Å². The molecule has 2 atom stereocenters. The van der Waals surface area contributed by atoms with Crippen LogP contribution in [-0.4, -0.2) is 59.7 Å². The SMILES string of the molecule is COc1cc(N2CCc3nc(NC(=O)N[C@@H]4C[C@H]4C(=O)NC(C)C)sc3C2)nc(OC)n1. The first kappa shape index (κ1) is 22.1. The lowest BCUT2D eigenvalue weighted by Crippen LogP contribution is -2.36. The Hall–Kier alpha value is -3.15. The maximum atomic E-state index is 12.4. The summed E-state index contributed by atoms with van der Waals surface area (Å²) in [6.45, 7) is 5.16. The van der Waals surface area contributed by atoms with Crippen molar-refractivity contribution in [3.05, 3.63) is 16.6 Å². The van der Waals surface area contributed by atoms with E-state index in [2.05, 4.69) is 35.8 Å². The van der Waals surface area contributed by atoms with Crippen molar-refractivity contribution in [3.63, 3.8) is 0 Å². The maximum absolute atomic E-state index is 12.4. The first-order valence-corrected chi connectivity index (χ1v) is 11.3. The Kier molecular flexibility index (Phi) is 6.31. The highest BCUT2D eigenvalue weighted by atomic mass is 32.1. The van der Waals surface area contributed by atoms with E-state index in [4.69, 9.17) is 9.47 Å². The van der Waals surface area contributed by atoms with Crippen LogP contribution in [0.5, 0.6) is 11.9 Å². The number of hydrogen-bond donors (Lipinski definition) is 3. The molecule has 0 aromatic carbocycles. The van der Waals surface area contributed by atoms with Crippen molar-refractivity contribution < 1.29 is 19.1 Å². The average molecular weight is 462 g/mol. The molecule has 0 bridgehead atoms. The van der Waals surface area contributed by atoms with Crippen molar-refractivity contribution in [3.8, 4) is 11.9 Å². The van der Waals surface area contributed by atoms with Crippen LogP contribution in [0.1, 0.15) is 30.8 Å². The highest BCUT2D eigenvalue weighted by molar-refractivity contribution is 7.15. The Bertz CT molecular complexity index is 990. The number of nitrogens with zero attached hydrogens (tertiary/aromatic N) is 4. The summed E-state index contributed by atoms with van der Waals surface area (Å²) in [7, 11) is 3.06. The van der Waals surface area contributed by atoms with Gasteiger partial charge in [0.15, 0.2) is 5.13 Å². The van der Waals surface area contributed by atoms with E-state index >= 15 is 0 Å². The van der Waals surface area contributed by atoms with Crippen molar-refractivity contribution in [1.29, 1.82) is 0 Å². The van der Waals surface area contributed by atoms with Crippen LogP contribution in [0.3, 0.4) is 0 Å². The van der Waals surface area contributed by atoms with Crippen LogP contribution < -0.4 is 30.3 Å². The minimum Gasteiger partial charge on any atom is -0.481 e. The molecule has 0 saturated heterocycles. The molecule has 3 heterocycles. The van der Waals surface area contributed by atoms with E-state index in [1.807, 2.05) is 13.8 Å². The topological polar surface area (TPSA) is 131 Å². The van der Waals surface area contributed by atoms with Gasteiger partial charge in [-0.2, -0.15) is 9.97 Å². The normalized spacial score (nSPS) is 19.2. The number of aromatic nitrogens is 3. The Morgan fingerprint density at radius 1 is 1.22 bits per heavy atom. The standard InChI is InChI=1S/C20H27N7O4S/c1-10(2)21-17(28)11-7-13(11)22-18(29)26-20-23-12-5-6-27(9-14(12)32-20)15-8-16(30-3)25-19(24-15)31-4/h8,10-11,13H,5-7,9H2,1-4H3,(H,21,28)(H2,22,23,26,29)/t11-,13-/m1/s1. The number of hydrogen-bond acceptors (Lipinski definition) is 9. The predicted octanol–water partition coefficient (Wildman–Crippen LogP) is 1.55. The molecule has 0 radical (unpaired) electrons. The van der Waals surface area contributed by atoms with Crippen molar-refractivity contribution >= 4 is 34.2 Å². The quantitative estimate of drug-likeness (QED) is 0.566. The third kappa shape index (κ3) is 5.01. The summed E-state index contributed by atoms with van der Waals surface area (Å²) in [6.07, 6.45) is 1.38. The molecule has 32 heavy (non-hydrogen) atoms. The third-order valence-electron chi connectivity index (χ3n) is 5.21. The largest absolute Gasteiger partial charge is 0.481 e. The van der Waals surface area contributed by atoms with E-state index in [0.717, 1.165) is 23.5 Å². The lowest BCUT2D eigenvalue weighted by atomic mass is 10.2. The summed E-state index contributed by atoms with van der Waals surface area (Å²) in [5.74, 6) is 0.956. The molecule has 0 unspecified atom stereocenters. The maximum Gasteiger partial charge on any atom is 0.321 e. The van der Waals surface area contributed by atoms with Crippen LogP contribution in [0.25, 0.3) is 0 Å². The summed E-state index contributed by atoms with van der Waals surface area (Å²) in [5, 5.41) is 9.06. The number of ether oxygens (including phenoxy) is 2. The molecule has 0 spiro atoms. The molecular weight excluding hydrogens is 434 g/mol. The van der Waals surface area contributed by atoms with Gasteiger partial charge < -0.3 is 25.0 Å². The number of urea groups is 1. The van der Waals surface area contributed by atoms with E-state index in [0.29, 0.717) is 29.8 Å². The molecule has 11 nitrogen and oxygen atoms in total. The number of fused-ring (bicyclic) bond motifs is 1. The van der Waals surface area contributed by atoms with Crippen LogP contribution in [0, 0.1) is 5.92 Å². The fraction of sp³-hybridized carbons (Fsp3) is 0.550. The molecular formula is C20H27N7O4S. The summed E-state index contributed by atoms with van der Waals surface area (Å²) in [4.78, 5) is 40.6. The Morgan fingerprint density at radius 3 is 2.75 bits per heavy atom. The van der Waals surface area contributed by atoms with Gasteiger partial charge >= 0.3 is 12.0 Å². The minimum atomic E-state index is -0.344. The summed E-state index contributed by atoms with van der Waals surface area (Å²) in [6, 6.07) is 1.62. The van der Waals surface area contributed by atoms with Crippen LogP contribution in [0.4, 0.5) is 15.7 Å². The number of methoxy groups -OCH3 is 2. The van der Waals surface area contributed by atoms with E-state index in [1.165, 1.54) is 18.4 Å². The van der Waals surface area contributed by atoms with Gasteiger partial charge in [-0.3, -0.25) is 10.1 Å². The molecule has 1 aliphatic carbocycles. The molecule has 1 fully saturated rings. The molecule has 4 rings (SSSR count). The molecule has 2 aromatic rings. The fourth-order valence-electron chi connectivity index (χ4n) is 3.53. The third-order valence-corrected chi connectivity index (χ3v) is 6.21. The monoisotopic (exact) mass is 461 g/mol. The van der Waals surface area contributed by atoms with Crippen LogP contribution in [-0.2, 0) is 17.8 Å². The van der Waals surface area contributed by atoms with Gasteiger partial charge in [-0.1, -0.05) is 11.3 Å². The number of amides is 3. The second-order valence-electron chi connectivity index (χ2n) is 8.03. The van der Waals surface area contributed by atoms with Gasteiger partial charge in [-0.25, -0.2) is 9.78 Å². The summed E-state index contributed by atoms with van der Waals surface area (Å²) in [5.41, 5.74) is 0.968. The molecule has 3 N–H and O–H groups in total. The van der Waals surface area contributed by atoms with Crippen molar-refractivity contribution in [2.24, 2.45) is 5.92 Å². The Morgan fingerprint density at radius 2 is 2.03 bits per heavy atom. The number of carbonyl (C=O) groups excluding carboxylic acids is 2. The number of carbonyl (C=O) groups is 2. The van der Waals surface area contributed by atoms with Crippen molar-refractivity contribution in [2.75, 3.05) is 31.0 Å². The number of nitrogens with one attached hydrogen (secondary N) is 3. The summed E-state index contributed by atoms with van der Waals surface area (Å²) >= 11 is 1.44. The lowest BCUT2D eigenvalue weighted by Gasteiger charge is -2.27. The average Bonchev–Trinajstić information content (AvgIpc) is 3.41. The van der Waals surface area contributed by atoms with Gasteiger partial charge in [0.1, 0.15) is 5.82 Å². The van der Waals surface area contributed by atoms with Gasteiger partial charge in [0.25, 0.3) is 0 Å². The van der Waals surface area contributed by atoms with Gasteiger partial charge in [-0.15, -0.1) is 0 Å². The zero-order valence-electron chi connectivity index (χ0n) is 18.5. The van der Waals surface area contributed by atoms with E-state index in [-0.39, 0.29) is 36.0 Å². The van der Waals surface area contributed by atoms with E-state index < -0.39 is 0 Å². The number of anilines is 2. The van der Waals surface area contributed by atoms with Crippen molar-refractivity contribution in [1.82, 2.24) is 25.6 Å². The van der Waals surface area contributed by atoms with E-state index in [9.17, 15) is 9.59 Å².